The molecule has 2 amide bonds. The standard InChI is InChI=1S/C23H27FN8O2S/c24-19-12-17(8-9-27-19)32(23-29-18(14-35-23)21(26)33)30-22(34)15-4-6-16(7-5-15)28-13-20(25)31-10-2-1-3-11-31/h4-9,12,14,20,28H,1-3,10-11,13,25H2,(H2,26,33)(H,30,34). The number of nitrogens with zero attached hydrogens (tertiary/aromatic N) is 4. The van der Waals surface area contributed by atoms with Gasteiger partial charge in [-0.25, -0.2) is 15.0 Å². The van der Waals surface area contributed by atoms with Gasteiger partial charge < -0.3 is 16.8 Å². The van der Waals surface area contributed by atoms with Crippen LogP contribution in [0.15, 0.2) is 48.0 Å². The molecule has 0 spiro atoms. The fraction of sp³-hybridized carbons (Fsp3) is 0.304. The highest BCUT2D eigenvalue weighted by Crippen LogP contribution is 2.27. The van der Waals surface area contributed by atoms with Crippen molar-refractivity contribution in [1.29, 1.82) is 0 Å². The molecule has 0 aliphatic carbocycles. The number of benzene rings is 1. The summed E-state index contributed by atoms with van der Waals surface area (Å²) in [6.45, 7) is 2.62. The van der Waals surface area contributed by atoms with Crippen LogP contribution in [-0.4, -0.2) is 52.5 Å². The van der Waals surface area contributed by atoms with Crippen molar-refractivity contribution in [2.24, 2.45) is 11.5 Å². The molecule has 12 heteroatoms. The highest BCUT2D eigenvalue weighted by Gasteiger charge is 2.20. The zero-order valence-corrected chi connectivity index (χ0v) is 19.8. The molecule has 0 saturated carbocycles. The second-order valence-corrected chi connectivity index (χ2v) is 8.95. The number of piperidine rings is 1. The first-order chi connectivity index (χ1) is 16.9. The number of primary amides is 1. The van der Waals surface area contributed by atoms with Crippen LogP contribution in [-0.2, 0) is 0 Å². The predicted molar refractivity (Wildman–Crippen MR) is 133 cm³/mol. The van der Waals surface area contributed by atoms with E-state index in [-0.39, 0.29) is 22.7 Å². The lowest BCUT2D eigenvalue weighted by atomic mass is 10.1. The molecule has 2 aromatic heterocycles. The summed E-state index contributed by atoms with van der Waals surface area (Å²) in [7, 11) is 0. The van der Waals surface area contributed by atoms with Crippen molar-refractivity contribution >= 4 is 39.7 Å². The summed E-state index contributed by atoms with van der Waals surface area (Å²) >= 11 is 1.08. The first-order valence-electron chi connectivity index (χ1n) is 11.2. The van der Waals surface area contributed by atoms with Crippen LogP contribution >= 0.6 is 11.3 Å². The molecule has 1 aliphatic heterocycles. The Morgan fingerprint density at radius 3 is 2.57 bits per heavy atom. The van der Waals surface area contributed by atoms with Crippen LogP contribution < -0.4 is 27.2 Å². The molecule has 184 valence electrons. The van der Waals surface area contributed by atoms with Crippen molar-refractivity contribution in [2.75, 3.05) is 30.0 Å². The monoisotopic (exact) mass is 498 g/mol. The molecule has 6 N–H and O–H groups in total. The number of amides is 2. The fourth-order valence-corrected chi connectivity index (χ4v) is 4.53. The third-order valence-corrected chi connectivity index (χ3v) is 6.47. The van der Waals surface area contributed by atoms with Crippen molar-refractivity contribution in [3.63, 3.8) is 0 Å². The van der Waals surface area contributed by atoms with Gasteiger partial charge in [0.15, 0.2) is 0 Å². The fourth-order valence-electron chi connectivity index (χ4n) is 3.74. The Balaban J connectivity index is 1.44. The molecule has 0 radical (unpaired) electrons. The summed E-state index contributed by atoms with van der Waals surface area (Å²) < 4.78 is 13.8. The zero-order chi connectivity index (χ0) is 24.8. The van der Waals surface area contributed by atoms with Crippen LogP contribution in [0.4, 0.5) is 20.9 Å². The maximum absolute atomic E-state index is 13.8. The van der Waals surface area contributed by atoms with Gasteiger partial charge in [0.05, 0.1) is 11.9 Å². The number of hydrogen-bond donors (Lipinski definition) is 4. The van der Waals surface area contributed by atoms with Crippen molar-refractivity contribution in [1.82, 2.24) is 20.3 Å². The lowest BCUT2D eigenvalue weighted by Gasteiger charge is -2.32. The average Bonchev–Trinajstić information content (AvgIpc) is 3.37. The van der Waals surface area contributed by atoms with Gasteiger partial charge in [-0.3, -0.25) is 19.9 Å². The quantitative estimate of drug-likeness (QED) is 0.260. The number of carbonyl (C=O) groups is 2. The third-order valence-electron chi connectivity index (χ3n) is 5.64. The van der Waals surface area contributed by atoms with Gasteiger partial charge in [0.1, 0.15) is 5.69 Å². The minimum atomic E-state index is -0.730. The number of thiazole rings is 1. The van der Waals surface area contributed by atoms with Crippen molar-refractivity contribution < 1.29 is 14.0 Å². The maximum atomic E-state index is 13.8. The molecule has 3 aromatic rings. The Morgan fingerprint density at radius 1 is 1.17 bits per heavy atom. The molecule has 1 saturated heterocycles. The number of hydrogen-bond acceptors (Lipinski definition) is 9. The van der Waals surface area contributed by atoms with Gasteiger partial charge in [-0.2, -0.15) is 4.39 Å². The minimum absolute atomic E-state index is 0.0389. The number of pyridine rings is 1. The van der Waals surface area contributed by atoms with Gasteiger partial charge >= 0.3 is 0 Å². The smallest absolute Gasteiger partial charge is 0.270 e. The minimum Gasteiger partial charge on any atom is -0.382 e. The number of halogens is 1. The number of carbonyl (C=O) groups excluding carboxylic acids is 2. The number of aromatic nitrogens is 2. The molecular weight excluding hydrogens is 471 g/mol. The topological polar surface area (TPSA) is 142 Å². The highest BCUT2D eigenvalue weighted by atomic mass is 32.1. The Labute approximate surface area is 206 Å². The summed E-state index contributed by atoms with van der Waals surface area (Å²) in [6.07, 6.45) is 4.79. The lowest BCUT2D eigenvalue weighted by Crippen LogP contribution is -2.48. The van der Waals surface area contributed by atoms with E-state index in [9.17, 15) is 14.0 Å². The Kier molecular flexibility index (Phi) is 7.85. The summed E-state index contributed by atoms with van der Waals surface area (Å²) in [5.41, 5.74) is 15.8. The normalized spacial score (nSPS) is 14.8. The van der Waals surface area contributed by atoms with E-state index in [1.165, 1.54) is 41.9 Å². The Morgan fingerprint density at radius 2 is 1.91 bits per heavy atom. The van der Waals surface area contributed by atoms with Gasteiger partial charge in [0, 0.05) is 35.4 Å². The van der Waals surface area contributed by atoms with Gasteiger partial charge in [-0.05, 0) is 56.3 Å². The number of anilines is 3. The van der Waals surface area contributed by atoms with Gasteiger partial charge in [-0.1, -0.05) is 6.42 Å². The Bertz CT molecular complexity index is 1170. The number of nitrogens with one attached hydrogen (secondary N) is 2. The first-order valence-corrected chi connectivity index (χ1v) is 12.1. The Hall–Kier alpha value is -3.61. The number of rotatable bonds is 9. The highest BCUT2D eigenvalue weighted by molar-refractivity contribution is 7.14. The summed E-state index contributed by atoms with van der Waals surface area (Å²) in [5.74, 6) is -1.89. The molecule has 3 heterocycles. The predicted octanol–water partition coefficient (Wildman–Crippen LogP) is 2.44. The third kappa shape index (κ3) is 6.29. The molecule has 10 nitrogen and oxygen atoms in total. The van der Waals surface area contributed by atoms with Crippen LogP contribution in [0.3, 0.4) is 0 Å². The molecule has 4 rings (SSSR count). The summed E-state index contributed by atoms with van der Waals surface area (Å²) in [6, 6.07) is 9.58. The van der Waals surface area contributed by atoms with E-state index in [0.29, 0.717) is 12.1 Å². The van der Waals surface area contributed by atoms with Crippen molar-refractivity contribution in [2.45, 2.75) is 25.4 Å². The molecule has 1 atom stereocenters. The number of hydrazine groups is 1. The van der Waals surface area contributed by atoms with Gasteiger partial charge in [0.2, 0.25) is 11.1 Å². The van der Waals surface area contributed by atoms with E-state index in [1.807, 2.05) is 0 Å². The van der Waals surface area contributed by atoms with E-state index in [1.54, 1.807) is 24.3 Å². The lowest BCUT2D eigenvalue weighted by molar-refractivity contribution is 0.0953. The average molecular weight is 499 g/mol. The van der Waals surface area contributed by atoms with Crippen LogP contribution in [0.25, 0.3) is 0 Å². The molecule has 1 fully saturated rings. The molecule has 1 unspecified atom stereocenters. The second kappa shape index (κ2) is 11.2. The SMILES string of the molecule is NC(=O)c1csc(N(NC(=O)c2ccc(NCC(N)N3CCCCC3)cc2)c2ccnc(F)c2)n1. The number of nitrogens with two attached hydrogens (primary N) is 2. The molecule has 0 bridgehead atoms. The molecule has 1 aliphatic rings. The van der Waals surface area contributed by atoms with E-state index in [0.717, 1.165) is 36.2 Å². The molecule has 35 heavy (non-hydrogen) atoms. The number of likely N-dealkylation sites (tertiary alicyclic amines) is 1. The zero-order valence-electron chi connectivity index (χ0n) is 19.0. The summed E-state index contributed by atoms with van der Waals surface area (Å²) in [5, 5.41) is 6.30. The van der Waals surface area contributed by atoms with Crippen LogP contribution in [0.5, 0.6) is 0 Å². The van der Waals surface area contributed by atoms with E-state index >= 15 is 0 Å². The van der Waals surface area contributed by atoms with Gasteiger partial charge in [-0.15, -0.1) is 11.3 Å². The second-order valence-electron chi connectivity index (χ2n) is 8.11. The van der Waals surface area contributed by atoms with Crippen LogP contribution in [0, 0.1) is 5.95 Å². The van der Waals surface area contributed by atoms with E-state index < -0.39 is 17.8 Å². The molecule has 1 aromatic carbocycles. The summed E-state index contributed by atoms with van der Waals surface area (Å²) in [4.78, 5) is 34.4. The molecular formula is C23H27FN8O2S. The van der Waals surface area contributed by atoms with Crippen molar-refractivity contribution in [3.8, 4) is 0 Å². The van der Waals surface area contributed by atoms with E-state index in [2.05, 4.69) is 25.6 Å². The largest absolute Gasteiger partial charge is 0.382 e. The van der Waals surface area contributed by atoms with Crippen LogP contribution in [0.2, 0.25) is 0 Å². The van der Waals surface area contributed by atoms with Gasteiger partial charge in [0.25, 0.3) is 11.8 Å². The van der Waals surface area contributed by atoms with Crippen molar-refractivity contribution in [3.05, 3.63) is 65.2 Å². The first kappa shape index (κ1) is 24.5. The van der Waals surface area contributed by atoms with E-state index in [4.69, 9.17) is 11.5 Å². The maximum Gasteiger partial charge on any atom is 0.270 e. The van der Waals surface area contributed by atoms with Crippen LogP contribution in [0.1, 0.15) is 40.1 Å².